The second kappa shape index (κ2) is 6.05. The number of thiocarbonyl (C=S) groups is 1. The molecule has 2 aliphatic heterocycles. The van der Waals surface area contributed by atoms with Gasteiger partial charge in [-0.1, -0.05) is 36.4 Å². The zero-order valence-electron chi connectivity index (χ0n) is 13.0. The van der Waals surface area contributed by atoms with Crippen LogP contribution in [0.15, 0.2) is 54.6 Å². The number of thioether (sulfide) groups is 1. The highest BCUT2D eigenvalue weighted by atomic mass is 32.2. The lowest BCUT2D eigenvalue weighted by Crippen LogP contribution is -2.56. The topological polar surface area (TPSA) is 73.5 Å². The van der Waals surface area contributed by atoms with Gasteiger partial charge in [0.05, 0.1) is 5.75 Å². The van der Waals surface area contributed by atoms with E-state index in [0.29, 0.717) is 5.69 Å². The smallest absolute Gasteiger partial charge is 0.267 e. The molecule has 0 aromatic heterocycles. The van der Waals surface area contributed by atoms with Gasteiger partial charge in [-0.3, -0.25) is 15.0 Å². The molecule has 0 saturated carbocycles. The maximum absolute atomic E-state index is 12.7. The zero-order valence-corrected chi connectivity index (χ0v) is 14.6. The van der Waals surface area contributed by atoms with Crippen molar-refractivity contribution in [3.8, 4) is 0 Å². The van der Waals surface area contributed by atoms with Crippen LogP contribution in [-0.2, 0) is 14.5 Å². The molecule has 126 valence electrons. The Hall–Kier alpha value is -2.58. The Morgan fingerprint density at radius 3 is 2.64 bits per heavy atom. The molecule has 1 saturated heterocycles. The summed E-state index contributed by atoms with van der Waals surface area (Å²) in [4.78, 5) is 24.0. The molecule has 1 fully saturated rings. The van der Waals surface area contributed by atoms with E-state index in [4.69, 9.17) is 12.2 Å². The quantitative estimate of drug-likeness (QED) is 0.705. The molecule has 2 heterocycles. The number of carbonyl (C=O) groups excluding carboxylic acids is 2. The summed E-state index contributed by atoms with van der Waals surface area (Å²) in [5, 5.41) is 7.45. The summed E-state index contributed by atoms with van der Waals surface area (Å²) in [7, 11) is 0. The van der Waals surface area contributed by atoms with Crippen LogP contribution in [0, 0.1) is 0 Å². The molecule has 2 aromatic carbocycles. The van der Waals surface area contributed by atoms with Crippen molar-refractivity contribution in [1.82, 2.24) is 10.4 Å². The van der Waals surface area contributed by atoms with Gasteiger partial charge in [-0.05, 0) is 30.4 Å². The minimum absolute atomic E-state index is 0.197. The number of fused-ring (bicyclic) bond motifs is 2. The predicted molar refractivity (Wildman–Crippen MR) is 102 cm³/mol. The van der Waals surface area contributed by atoms with Crippen LogP contribution in [0.4, 0.5) is 11.4 Å². The van der Waals surface area contributed by atoms with Crippen LogP contribution in [0.25, 0.3) is 0 Å². The van der Waals surface area contributed by atoms with Crippen LogP contribution >= 0.6 is 24.0 Å². The molecule has 2 amide bonds. The number of hydrogen-bond donors (Lipinski definition) is 3. The number of rotatable bonds is 2. The fourth-order valence-electron chi connectivity index (χ4n) is 2.98. The molecular weight excluding hydrogens is 356 g/mol. The van der Waals surface area contributed by atoms with Crippen molar-refractivity contribution < 1.29 is 9.59 Å². The van der Waals surface area contributed by atoms with Crippen LogP contribution < -0.4 is 16.1 Å². The summed E-state index contributed by atoms with van der Waals surface area (Å²) >= 11 is 6.61. The standard InChI is InChI=1S/C17H14N4O2S2/c22-14-10-25-17(12-8-4-5-9-13(12)19-15(17)23)21(14)20-16(24)18-11-6-2-1-3-7-11/h1-9H,10H2,(H,19,23)(H2,18,20,24). The Morgan fingerprint density at radius 2 is 1.84 bits per heavy atom. The first-order valence-electron chi connectivity index (χ1n) is 7.62. The minimum atomic E-state index is -1.14. The molecule has 3 N–H and O–H groups in total. The number of para-hydroxylation sites is 2. The van der Waals surface area contributed by atoms with Gasteiger partial charge in [-0.2, -0.15) is 0 Å². The van der Waals surface area contributed by atoms with E-state index in [-0.39, 0.29) is 22.7 Å². The minimum Gasteiger partial charge on any atom is -0.331 e. The molecular formula is C17H14N4O2S2. The molecule has 25 heavy (non-hydrogen) atoms. The molecule has 1 unspecified atom stereocenters. The molecule has 0 aliphatic carbocycles. The van der Waals surface area contributed by atoms with E-state index in [2.05, 4.69) is 16.1 Å². The van der Waals surface area contributed by atoms with Gasteiger partial charge in [0.1, 0.15) is 0 Å². The van der Waals surface area contributed by atoms with Crippen molar-refractivity contribution in [3.05, 3.63) is 60.2 Å². The second-order valence-electron chi connectivity index (χ2n) is 5.59. The molecule has 6 nitrogen and oxygen atoms in total. The van der Waals surface area contributed by atoms with E-state index in [1.807, 2.05) is 54.6 Å². The van der Waals surface area contributed by atoms with Gasteiger partial charge in [0, 0.05) is 16.9 Å². The average molecular weight is 370 g/mol. The SMILES string of the molecule is O=C1CSC2(C(=O)Nc3ccccc32)N1NC(=S)Nc1ccccc1. The third-order valence-corrected chi connectivity index (χ3v) is 5.65. The summed E-state index contributed by atoms with van der Waals surface area (Å²) in [6.45, 7) is 0. The number of anilines is 2. The van der Waals surface area contributed by atoms with Crippen molar-refractivity contribution in [2.45, 2.75) is 4.87 Å². The predicted octanol–water partition coefficient (Wildman–Crippen LogP) is 2.27. The third kappa shape index (κ3) is 2.54. The summed E-state index contributed by atoms with van der Waals surface area (Å²) < 4.78 is 0. The maximum atomic E-state index is 12.7. The fraction of sp³-hybridized carbons (Fsp3) is 0.118. The van der Waals surface area contributed by atoms with E-state index in [1.54, 1.807) is 0 Å². The fourth-order valence-corrected chi connectivity index (χ4v) is 4.44. The Morgan fingerprint density at radius 1 is 1.12 bits per heavy atom. The van der Waals surface area contributed by atoms with Crippen molar-refractivity contribution in [2.24, 2.45) is 0 Å². The monoisotopic (exact) mass is 370 g/mol. The van der Waals surface area contributed by atoms with E-state index in [0.717, 1.165) is 11.3 Å². The number of carbonyl (C=O) groups is 2. The highest BCUT2D eigenvalue weighted by Gasteiger charge is 2.58. The van der Waals surface area contributed by atoms with Crippen molar-refractivity contribution >= 4 is 52.3 Å². The lowest BCUT2D eigenvalue weighted by Gasteiger charge is -2.32. The van der Waals surface area contributed by atoms with E-state index >= 15 is 0 Å². The number of nitrogens with zero attached hydrogens (tertiary/aromatic N) is 1. The molecule has 1 atom stereocenters. The Kier molecular flexibility index (Phi) is 3.85. The van der Waals surface area contributed by atoms with E-state index in [9.17, 15) is 9.59 Å². The van der Waals surface area contributed by atoms with Crippen LogP contribution in [0.5, 0.6) is 0 Å². The second-order valence-corrected chi connectivity index (χ2v) is 7.17. The third-order valence-electron chi connectivity index (χ3n) is 4.06. The first kappa shape index (κ1) is 15.9. The molecule has 2 aromatic rings. The molecule has 8 heteroatoms. The summed E-state index contributed by atoms with van der Waals surface area (Å²) in [5.74, 6) is -0.253. The van der Waals surface area contributed by atoms with Crippen molar-refractivity contribution in [3.63, 3.8) is 0 Å². The van der Waals surface area contributed by atoms with Gasteiger partial charge in [0.15, 0.2) is 5.11 Å². The largest absolute Gasteiger partial charge is 0.331 e. The van der Waals surface area contributed by atoms with Gasteiger partial charge in [-0.25, -0.2) is 5.01 Å². The van der Waals surface area contributed by atoms with Gasteiger partial charge >= 0.3 is 0 Å². The average Bonchev–Trinajstić information content (AvgIpc) is 3.09. The van der Waals surface area contributed by atoms with Gasteiger partial charge in [0.25, 0.3) is 11.8 Å². The number of nitrogens with one attached hydrogen (secondary N) is 3. The van der Waals surface area contributed by atoms with Crippen LogP contribution in [0.1, 0.15) is 5.56 Å². The summed E-state index contributed by atoms with van der Waals surface area (Å²) in [5.41, 5.74) is 5.17. The van der Waals surface area contributed by atoms with Gasteiger partial charge < -0.3 is 10.6 Å². The summed E-state index contributed by atoms with van der Waals surface area (Å²) in [6.07, 6.45) is 0. The van der Waals surface area contributed by atoms with Crippen molar-refractivity contribution in [1.29, 1.82) is 0 Å². The summed E-state index contributed by atoms with van der Waals surface area (Å²) in [6, 6.07) is 16.8. The number of hydrazine groups is 1. The maximum Gasteiger partial charge on any atom is 0.267 e. The number of amides is 2. The Bertz CT molecular complexity index is 874. The molecule has 0 radical (unpaired) electrons. The van der Waals surface area contributed by atoms with E-state index < -0.39 is 4.87 Å². The molecule has 2 aliphatic rings. The number of hydrogen-bond acceptors (Lipinski definition) is 4. The molecule has 4 rings (SSSR count). The zero-order chi connectivity index (χ0) is 17.4. The normalized spacial score (nSPS) is 21.2. The lowest BCUT2D eigenvalue weighted by atomic mass is 10.1. The highest BCUT2D eigenvalue weighted by molar-refractivity contribution is 8.02. The highest BCUT2D eigenvalue weighted by Crippen LogP contribution is 2.51. The van der Waals surface area contributed by atoms with Crippen LogP contribution in [0.2, 0.25) is 0 Å². The van der Waals surface area contributed by atoms with Gasteiger partial charge in [-0.15, -0.1) is 11.8 Å². The first-order chi connectivity index (χ1) is 12.1. The van der Waals surface area contributed by atoms with Crippen LogP contribution in [0.3, 0.4) is 0 Å². The molecule has 0 bridgehead atoms. The van der Waals surface area contributed by atoms with E-state index in [1.165, 1.54) is 16.8 Å². The van der Waals surface area contributed by atoms with Gasteiger partial charge in [0.2, 0.25) is 4.87 Å². The molecule has 1 spiro atoms. The first-order valence-corrected chi connectivity index (χ1v) is 9.01. The Labute approximate surface area is 153 Å². The lowest BCUT2D eigenvalue weighted by molar-refractivity contribution is -0.138. The van der Waals surface area contributed by atoms with Crippen LogP contribution in [-0.4, -0.2) is 27.7 Å². The van der Waals surface area contributed by atoms with Crippen molar-refractivity contribution in [2.75, 3.05) is 16.4 Å². The number of benzene rings is 2. The Balaban J connectivity index is 1.63.